The van der Waals surface area contributed by atoms with E-state index >= 15 is 0 Å². The van der Waals surface area contributed by atoms with E-state index in [0.717, 1.165) is 13.8 Å². The molecule has 0 rings (SSSR count). The maximum Gasteiger partial charge on any atom is 0.228 e. The molecule has 4 atom stereocenters. The van der Waals surface area contributed by atoms with Gasteiger partial charge in [0.2, 0.25) is 5.78 Å². The van der Waals surface area contributed by atoms with Crippen LogP contribution in [0.2, 0.25) is 0 Å². The van der Waals surface area contributed by atoms with E-state index < -0.39 is 47.8 Å². The lowest BCUT2D eigenvalue weighted by Gasteiger charge is -2.33. The third kappa shape index (κ3) is 2.98. The molecular weight excluding hydrogens is 246 g/mol. The van der Waals surface area contributed by atoms with E-state index in [1.807, 2.05) is 0 Å². The molecule has 104 valence electrons. The monoisotopic (exact) mass is 263 g/mol. The number of hydrogen-bond donors (Lipinski definition) is 5. The molecule has 0 aliphatic rings. The second kappa shape index (κ2) is 6.12. The Hall–Kier alpha value is -1.19. The number of rotatable bonds is 7. The van der Waals surface area contributed by atoms with Crippen LogP contribution in [-0.2, 0) is 14.4 Å². The molecule has 6 N–H and O–H groups in total. The number of ketones is 3. The largest absolute Gasteiger partial charge is 0.394 e. The molecule has 0 bridgehead atoms. The van der Waals surface area contributed by atoms with E-state index in [-0.39, 0.29) is 0 Å². The molecule has 0 unspecified atom stereocenters. The molecule has 0 saturated carbocycles. The first kappa shape index (κ1) is 16.8. The molecule has 0 aromatic heterocycles. The minimum Gasteiger partial charge on any atom is -0.394 e. The standard InChI is InChI=1S/C10H17NO7/c1-4(13)8(17)10(11,5(2)14)9(18)7(16)6(15)3-12/h6-7,9,12,15-16,18H,3,11H2,1-2H3/t6-,7-,9+,10+/m1/s1. The number of hydrogen-bond acceptors (Lipinski definition) is 8. The van der Waals surface area contributed by atoms with Gasteiger partial charge in [0.05, 0.1) is 6.61 Å². The summed E-state index contributed by atoms with van der Waals surface area (Å²) in [5.41, 5.74) is 2.75. The Bertz CT molecular complexity index is 356. The Labute approximate surface area is 103 Å². The number of nitrogens with two attached hydrogens (primary N) is 1. The van der Waals surface area contributed by atoms with Crippen molar-refractivity contribution in [3.63, 3.8) is 0 Å². The minimum atomic E-state index is -2.65. The van der Waals surface area contributed by atoms with Gasteiger partial charge in [-0.15, -0.1) is 0 Å². The van der Waals surface area contributed by atoms with E-state index in [1.54, 1.807) is 0 Å². The van der Waals surface area contributed by atoms with Gasteiger partial charge in [0.1, 0.15) is 18.3 Å². The summed E-state index contributed by atoms with van der Waals surface area (Å²) >= 11 is 0. The molecule has 0 fully saturated rings. The van der Waals surface area contributed by atoms with Crippen molar-refractivity contribution in [1.29, 1.82) is 0 Å². The number of aliphatic hydroxyl groups excluding tert-OH is 4. The quantitative estimate of drug-likeness (QED) is 0.234. The Balaban J connectivity index is 5.43. The summed E-state index contributed by atoms with van der Waals surface area (Å²) in [5.74, 6) is -3.50. The van der Waals surface area contributed by atoms with Crippen molar-refractivity contribution in [1.82, 2.24) is 0 Å². The summed E-state index contributed by atoms with van der Waals surface area (Å²) < 4.78 is 0. The number of carbonyl (C=O) groups excluding carboxylic acids is 3. The van der Waals surface area contributed by atoms with E-state index in [1.165, 1.54) is 0 Å². The molecule has 0 aromatic rings. The van der Waals surface area contributed by atoms with Crippen LogP contribution in [0, 0.1) is 0 Å². The van der Waals surface area contributed by atoms with Gasteiger partial charge in [-0.1, -0.05) is 0 Å². The van der Waals surface area contributed by atoms with Gasteiger partial charge < -0.3 is 26.2 Å². The SMILES string of the molecule is CC(=O)C(=O)[C@@](N)(C(C)=O)[C@@H](O)[C@H](O)[C@H](O)CO. The molecule has 0 saturated heterocycles. The maximum absolute atomic E-state index is 11.6. The van der Waals surface area contributed by atoms with Crippen molar-refractivity contribution in [2.75, 3.05) is 6.61 Å². The van der Waals surface area contributed by atoms with Crippen LogP contribution in [0.3, 0.4) is 0 Å². The predicted octanol–water partition coefficient (Wildman–Crippen LogP) is -3.49. The average molecular weight is 263 g/mol. The fraction of sp³-hybridized carbons (Fsp3) is 0.700. The first-order valence-electron chi connectivity index (χ1n) is 5.11. The normalized spacial score (nSPS) is 19.5. The fourth-order valence-corrected chi connectivity index (χ4v) is 1.38. The van der Waals surface area contributed by atoms with Gasteiger partial charge in [-0.2, -0.15) is 0 Å². The lowest BCUT2D eigenvalue weighted by Crippen LogP contribution is -2.68. The first-order chi connectivity index (χ1) is 8.10. The Kier molecular flexibility index (Phi) is 5.71. The molecule has 0 spiro atoms. The van der Waals surface area contributed by atoms with Gasteiger partial charge in [0.15, 0.2) is 17.1 Å². The van der Waals surface area contributed by atoms with Crippen molar-refractivity contribution >= 4 is 17.3 Å². The zero-order valence-corrected chi connectivity index (χ0v) is 10.0. The summed E-state index contributed by atoms with van der Waals surface area (Å²) in [4.78, 5) is 33.9. The highest BCUT2D eigenvalue weighted by Gasteiger charge is 2.51. The summed E-state index contributed by atoms with van der Waals surface area (Å²) in [5, 5.41) is 36.9. The number of aliphatic hydroxyl groups is 4. The molecule has 0 amide bonds. The molecule has 0 aliphatic carbocycles. The summed E-state index contributed by atoms with van der Waals surface area (Å²) in [6.07, 6.45) is -6.07. The van der Waals surface area contributed by atoms with Gasteiger partial charge in [-0.25, -0.2) is 0 Å². The Morgan fingerprint density at radius 3 is 1.89 bits per heavy atom. The van der Waals surface area contributed by atoms with Gasteiger partial charge in [-0.05, 0) is 6.92 Å². The zero-order chi connectivity index (χ0) is 14.7. The molecule has 18 heavy (non-hydrogen) atoms. The highest BCUT2D eigenvalue weighted by molar-refractivity contribution is 6.44. The van der Waals surface area contributed by atoms with E-state index in [2.05, 4.69) is 0 Å². The maximum atomic E-state index is 11.6. The second-order valence-electron chi connectivity index (χ2n) is 4.00. The van der Waals surface area contributed by atoms with Crippen LogP contribution < -0.4 is 5.73 Å². The second-order valence-corrected chi connectivity index (χ2v) is 4.00. The van der Waals surface area contributed by atoms with Crippen molar-refractivity contribution in [3.05, 3.63) is 0 Å². The summed E-state index contributed by atoms with van der Waals surface area (Å²) in [6.45, 7) is 0.803. The Morgan fingerprint density at radius 1 is 1.17 bits per heavy atom. The summed E-state index contributed by atoms with van der Waals surface area (Å²) in [6, 6.07) is 0. The van der Waals surface area contributed by atoms with E-state index in [9.17, 15) is 24.6 Å². The van der Waals surface area contributed by atoms with Crippen molar-refractivity contribution in [3.8, 4) is 0 Å². The minimum absolute atomic E-state index is 0.856. The Morgan fingerprint density at radius 2 is 1.61 bits per heavy atom. The number of Topliss-reactive ketones (excluding diaryl/α,β-unsaturated/α-hetero) is 3. The van der Waals surface area contributed by atoms with Crippen LogP contribution in [0.25, 0.3) is 0 Å². The lowest BCUT2D eigenvalue weighted by atomic mass is 9.79. The first-order valence-corrected chi connectivity index (χ1v) is 5.11. The van der Waals surface area contributed by atoms with Crippen LogP contribution in [0.1, 0.15) is 13.8 Å². The zero-order valence-electron chi connectivity index (χ0n) is 10.0. The molecule has 8 nitrogen and oxygen atoms in total. The van der Waals surface area contributed by atoms with Gasteiger partial charge in [0.25, 0.3) is 0 Å². The molecule has 0 aromatic carbocycles. The fourth-order valence-electron chi connectivity index (χ4n) is 1.38. The molecule has 0 heterocycles. The highest BCUT2D eigenvalue weighted by Crippen LogP contribution is 2.17. The van der Waals surface area contributed by atoms with Crippen LogP contribution in [0.15, 0.2) is 0 Å². The van der Waals surface area contributed by atoms with Crippen LogP contribution >= 0.6 is 0 Å². The predicted molar refractivity (Wildman–Crippen MR) is 58.4 cm³/mol. The van der Waals surface area contributed by atoms with Crippen molar-refractivity contribution < 1.29 is 34.8 Å². The molecule has 8 heteroatoms. The lowest BCUT2D eigenvalue weighted by molar-refractivity contribution is -0.154. The molecule has 0 aliphatic heterocycles. The number of carbonyl (C=O) groups is 3. The van der Waals surface area contributed by atoms with Gasteiger partial charge in [0, 0.05) is 6.92 Å². The van der Waals surface area contributed by atoms with Gasteiger partial charge in [-0.3, -0.25) is 14.4 Å². The smallest absolute Gasteiger partial charge is 0.228 e. The third-order valence-electron chi connectivity index (χ3n) is 2.65. The van der Waals surface area contributed by atoms with Crippen molar-refractivity contribution in [2.24, 2.45) is 5.73 Å². The van der Waals surface area contributed by atoms with E-state index in [0.29, 0.717) is 0 Å². The molecule has 0 radical (unpaired) electrons. The average Bonchev–Trinajstić information content (AvgIpc) is 2.33. The third-order valence-corrected chi connectivity index (χ3v) is 2.65. The van der Waals surface area contributed by atoms with Crippen LogP contribution in [0.5, 0.6) is 0 Å². The van der Waals surface area contributed by atoms with Crippen LogP contribution in [0.4, 0.5) is 0 Å². The van der Waals surface area contributed by atoms with Crippen LogP contribution in [-0.4, -0.2) is 68.2 Å². The topological polar surface area (TPSA) is 158 Å². The van der Waals surface area contributed by atoms with Crippen molar-refractivity contribution in [2.45, 2.75) is 37.7 Å². The highest BCUT2D eigenvalue weighted by atomic mass is 16.4. The molecular formula is C10H17NO7. The van der Waals surface area contributed by atoms with E-state index in [4.69, 9.17) is 15.9 Å². The van der Waals surface area contributed by atoms with Gasteiger partial charge >= 0.3 is 0 Å². The summed E-state index contributed by atoms with van der Waals surface area (Å²) in [7, 11) is 0.